The summed E-state index contributed by atoms with van der Waals surface area (Å²) in [5.74, 6) is -0.223. The van der Waals surface area contributed by atoms with Crippen LogP contribution in [0.4, 0.5) is 5.69 Å². The van der Waals surface area contributed by atoms with Gasteiger partial charge < -0.3 is 0 Å². The molecule has 23 heavy (non-hydrogen) atoms. The molecule has 0 atom stereocenters. The van der Waals surface area contributed by atoms with Gasteiger partial charge in [-0.3, -0.25) is 9.10 Å². The molecule has 0 unspecified atom stereocenters. The topological polar surface area (TPSA) is 54.5 Å². The van der Waals surface area contributed by atoms with Crippen LogP contribution in [0.2, 0.25) is 0 Å². The minimum Gasteiger partial charge on any atom is -0.292 e. The van der Waals surface area contributed by atoms with Crippen LogP contribution in [0.1, 0.15) is 10.4 Å². The largest absolute Gasteiger partial charge is 0.292 e. The van der Waals surface area contributed by atoms with Crippen molar-refractivity contribution in [1.29, 1.82) is 0 Å². The normalized spacial score (nSPS) is 15.0. The van der Waals surface area contributed by atoms with Crippen LogP contribution in [-0.4, -0.2) is 20.7 Å². The van der Waals surface area contributed by atoms with E-state index in [9.17, 15) is 13.2 Å². The molecule has 0 fully saturated rings. The second kappa shape index (κ2) is 4.93. The molecule has 3 aromatic carbocycles. The monoisotopic (exact) mass is 323 g/mol. The molecule has 4 rings (SSSR count). The highest BCUT2D eigenvalue weighted by molar-refractivity contribution is 7.93. The molecular weight excluding hydrogens is 310 g/mol. The number of carbonyl (C=O) groups excluding carboxylic acids is 1. The molecule has 0 saturated heterocycles. The van der Waals surface area contributed by atoms with E-state index in [1.165, 1.54) is 4.31 Å². The molecule has 0 amide bonds. The van der Waals surface area contributed by atoms with Gasteiger partial charge in [0, 0.05) is 10.9 Å². The zero-order valence-electron chi connectivity index (χ0n) is 12.1. The van der Waals surface area contributed by atoms with E-state index in [2.05, 4.69) is 0 Å². The number of rotatable bonds is 3. The number of hydrogen-bond donors (Lipinski definition) is 0. The minimum absolute atomic E-state index is 0.194. The molecule has 1 aliphatic rings. The van der Waals surface area contributed by atoms with Crippen LogP contribution >= 0.6 is 0 Å². The molecule has 0 N–H and O–H groups in total. The molecular formula is C18H13NO3S. The lowest BCUT2D eigenvalue weighted by Gasteiger charge is -2.17. The number of sulfonamides is 1. The molecule has 0 saturated carbocycles. The van der Waals surface area contributed by atoms with E-state index >= 15 is 0 Å². The SMILES string of the molecule is O=C(CN1c2cccc3cccc(c23)S1(=O)=O)c1ccccc1. The molecule has 4 nitrogen and oxygen atoms in total. The van der Waals surface area contributed by atoms with Crippen molar-refractivity contribution in [3.05, 3.63) is 72.3 Å². The van der Waals surface area contributed by atoms with Crippen LogP contribution in [0.3, 0.4) is 0 Å². The summed E-state index contributed by atoms with van der Waals surface area (Å²) in [6, 6.07) is 19.4. The number of anilines is 1. The van der Waals surface area contributed by atoms with E-state index < -0.39 is 10.0 Å². The van der Waals surface area contributed by atoms with Gasteiger partial charge in [0.15, 0.2) is 5.78 Å². The third-order valence-electron chi connectivity index (χ3n) is 4.06. The zero-order valence-corrected chi connectivity index (χ0v) is 13.0. The maximum Gasteiger partial charge on any atom is 0.265 e. The van der Waals surface area contributed by atoms with Crippen molar-refractivity contribution >= 4 is 32.3 Å². The Labute approximate surface area is 134 Å². The van der Waals surface area contributed by atoms with E-state index in [4.69, 9.17) is 0 Å². The first-order valence-corrected chi connectivity index (χ1v) is 8.66. The summed E-state index contributed by atoms with van der Waals surface area (Å²) < 4.78 is 26.8. The van der Waals surface area contributed by atoms with E-state index in [1.807, 2.05) is 24.3 Å². The third-order valence-corrected chi connectivity index (χ3v) is 5.87. The van der Waals surface area contributed by atoms with Crippen molar-refractivity contribution in [3.63, 3.8) is 0 Å². The smallest absolute Gasteiger partial charge is 0.265 e. The number of carbonyl (C=O) groups is 1. The lowest BCUT2D eigenvalue weighted by molar-refractivity contribution is 0.100. The summed E-state index contributed by atoms with van der Waals surface area (Å²) in [5, 5.41) is 1.55. The predicted octanol–water partition coefficient (Wildman–Crippen LogP) is 3.23. The van der Waals surface area contributed by atoms with Gasteiger partial charge in [0.1, 0.15) is 0 Å². The molecule has 3 aromatic rings. The Bertz CT molecular complexity index is 1020. The third kappa shape index (κ3) is 2.04. The quantitative estimate of drug-likeness (QED) is 0.695. The molecule has 0 spiro atoms. The number of nitrogens with zero attached hydrogens (tertiary/aromatic N) is 1. The molecule has 5 heteroatoms. The number of benzene rings is 3. The van der Waals surface area contributed by atoms with Crippen LogP contribution in [0, 0.1) is 0 Å². The minimum atomic E-state index is -3.69. The Morgan fingerprint density at radius 1 is 0.870 bits per heavy atom. The zero-order chi connectivity index (χ0) is 16.0. The Hall–Kier alpha value is -2.66. The van der Waals surface area contributed by atoms with Gasteiger partial charge in [-0.15, -0.1) is 0 Å². The summed E-state index contributed by atoms with van der Waals surface area (Å²) in [4.78, 5) is 12.7. The van der Waals surface area contributed by atoms with Crippen LogP contribution in [-0.2, 0) is 10.0 Å². The van der Waals surface area contributed by atoms with Gasteiger partial charge in [0.2, 0.25) is 0 Å². The molecule has 0 aromatic heterocycles. The molecule has 114 valence electrons. The number of hydrogen-bond acceptors (Lipinski definition) is 3. The molecule has 1 aliphatic heterocycles. The van der Waals surface area contributed by atoms with Crippen LogP contribution in [0.25, 0.3) is 10.8 Å². The Kier molecular flexibility index (Phi) is 2.99. The fourth-order valence-corrected chi connectivity index (χ4v) is 4.64. The lowest BCUT2D eigenvalue weighted by atomic mass is 10.1. The highest BCUT2D eigenvalue weighted by Crippen LogP contribution is 2.41. The van der Waals surface area contributed by atoms with Crippen molar-refractivity contribution in [3.8, 4) is 0 Å². The second-order valence-corrected chi connectivity index (χ2v) is 7.26. The summed E-state index contributed by atoms with van der Waals surface area (Å²) >= 11 is 0. The van der Waals surface area contributed by atoms with Crippen molar-refractivity contribution < 1.29 is 13.2 Å². The average molecular weight is 323 g/mol. The van der Waals surface area contributed by atoms with Crippen LogP contribution < -0.4 is 4.31 Å². The molecule has 0 radical (unpaired) electrons. The van der Waals surface area contributed by atoms with Gasteiger partial charge in [-0.2, -0.15) is 0 Å². The highest BCUT2D eigenvalue weighted by Gasteiger charge is 2.36. The van der Waals surface area contributed by atoms with E-state index in [0.717, 1.165) is 5.39 Å². The van der Waals surface area contributed by atoms with Crippen molar-refractivity contribution in [1.82, 2.24) is 0 Å². The van der Waals surface area contributed by atoms with Gasteiger partial charge in [-0.25, -0.2) is 8.42 Å². The summed E-state index contributed by atoms with van der Waals surface area (Å²) in [6.45, 7) is -0.194. The number of Topliss-reactive ketones (excluding diaryl/α,β-unsaturated/α-hetero) is 1. The Morgan fingerprint density at radius 3 is 2.30 bits per heavy atom. The Morgan fingerprint density at radius 2 is 1.57 bits per heavy atom. The van der Waals surface area contributed by atoms with Crippen molar-refractivity contribution in [2.75, 3.05) is 10.8 Å². The summed E-state index contributed by atoms with van der Waals surface area (Å²) in [6.07, 6.45) is 0. The van der Waals surface area contributed by atoms with Crippen molar-refractivity contribution in [2.45, 2.75) is 4.90 Å². The van der Waals surface area contributed by atoms with Gasteiger partial charge >= 0.3 is 0 Å². The van der Waals surface area contributed by atoms with Crippen LogP contribution in [0.5, 0.6) is 0 Å². The maximum atomic E-state index is 12.8. The highest BCUT2D eigenvalue weighted by atomic mass is 32.2. The summed E-state index contributed by atoms with van der Waals surface area (Å²) in [5.41, 5.74) is 1.08. The summed E-state index contributed by atoms with van der Waals surface area (Å²) in [7, 11) is -3.69. The van der Waals surface area contributed by atoms with Gasteiger partial charge in [-0.1, -0.05) is 54.6 Å². The first kappa shape index (κ1) is 14.0. The average Bonchev–Trinajstić information content (AvgIpc) is 2.79. The standard InChI is InChI=1S/C18H13NO3S/c20-16(13-6-2-1-3-7-13)12-19-15-10-4-8-14-9-5-11-17(18(14)15)23(19,21)22/h1-11H,12H2. The molecule has 1 heterocycles. The first-order chi connectivity index (χ1) is 11.1. The van der Waals surface area contributed by atoms with Crippen molar-refractivity contribution in [2.24, 2.45) is 0 Å². The number of ketones is 1. The Balaban J connectivity index is 1.82. The van der Waals surface area contributed by atoms with E-state index in [-0.39, 0.29) is 17.2 Å². The predicted molar refractivity (Wildman–Crippen MR) is 89.3 cm³/mol. The van der Waals surface area contributed by atoms with Crippen LogP contribution in [0.15, 0.2) is 71.6 Å². The fraction of sp³-hybridized carbons (Fsp3) is 0.0556. The van der Waals surface area contributed by atoms with Gasteiger partial charge in [-0.05, 0) is 17.5 Å². The molecule has 0 bridgehead atoms. The van der Waals surface area contributed by atoms with E-state index in [0.29, 0.717) is 16.6 Å². The second-order valence-electron chi connectivity index (χ2n) is 5.43. The van der Waals surface area contributed by atoms with Gasteiger partial charge in [0.05, 0.1) is 17.1 Å². The maximum absolute atomic E-state index is 12.8. The fourth-order valence-electron chi connectivity index (χ4n) is 2.97. The lowest BCUT2D eigenvalue weighted by Crippen LogP contribution is -2.32. The van der Waals surface area contributed by atoms with E-state index in [1.54, 1.807) is 42.5 Å². The first-order valence-electron chi connectivity index (χ1n) is 7.22. The van der Waals surface area contributed by atoms with Gasteiger partial charge in [0.25, 0.3) is 10.0 Å². The molecule has 0 aliphatic carbocycles.